The normalized spacial score (nSPS) is 18.6. The standard InChI is InChI=1S/C13H20N2O/c1-11-5-8-15(9-6-11)10-12-4-3-7-14-13(12)16-2/h3-4,7,11H,5-6,8-10H2,1-2H3. The van der Waals surface area contributed by atoms with Crippen LogP contribution < -0.4 is 4.74 Å². The molecule has 0 saturated carbocycles. The summed E-state index contributed by atoms with van der Waals surface area (Å²) in [5.74, 6) is 1.65. The molecule has 3 nitrogen and oxygen atoms in total. The van der Waals surface area contributed by atoms with Gasteiger partial charge in [-0.2, -0.15) is 0 Å². The lowest BCUT2D eigenvalue weighted by atomic mass is 9.99. The Bertz CT molecular complexity index is 332. The van der Waals surface area contributed by atoms with E-state index in [1.54, 1.807) is 13.3 Å². The number of nitrogens with zero attached hydrogens (tertiary/aromatic N) is 2. The van der Waals surface area contributed by atoms with Gasteiger partial charge in [0.1, 0.15) is 0 Å². The molecule has 1 aromatic heterocycles. The quantitative estimate of drug-likeness (QED) is 0.781. The Labute approximate surface area is 97.4 Å². The smallest absolute Gasteiger partial charge is 0.217 e. The summed E-state index contributed by atoms with van der Waals surface area (Å²) < 4.78 is 5.27. The van der Waals surface area contributed by atoms with Gasteiger partial charge in [0.15, 0.2) is 0 Å². The van der Waals surface area contributed by atoms with Crippen LogP contribution in [0, 0.1) is 5.92 Å². The predicted molar refractivity (Wildman–Crippen MR) is 64.5 cm³/mol. The average molecular weight is 220 g/mol. The highest BCUT2D eigenvalue weighted by Gasteiger charge is 2.17. The van der Waals surface area contributed by atoms with E-state index in [1.807, 2.05) is 6.07 Å². The topological polar surface area (TPSA) is 25.4 Å². The lowest BCUT2D eigenvalue weighted by Crippen LogP contribution is -2.32. The van der Waals surface area contributed by atoms with E-state index in [4.69, 9.17) is 4.74 Å². The highest BCUT2D eigenvalue weighted by molar-refractivity contribution is 5.25. The Morgan fingerprint density at radius 1 is 1.44 bits per heavy atom. The van der Waals surface area contributed by atoms with Gasteiger partial charge in [-0.1, -0.05) is 13.0 Å². The number of likely N-dealkylation sites (tertiary alicyclic amines) is 1. The van der Waals surface area contributed by atoms with E-state index < -0.39 is 0 Å². The number of piperidine rings is 1. The Morgan fingerprint density at radius 2 is 2.19 bits per heavy atom. The fourth-order valence-corrected chi connectivity index (χ4v) is 2.19. The van der Waals surface area contributed by atoms with Gasteiger partial charge in [0.2, 0.25) is 5.88 Å². The molecule has 0 aliphatic carbocycles. The van der Waals surface area contributed by atoms with Crippen molar-refractivity contribution in [2.45, 2.75) is 26.3 Å². The minimum absolute atomic E-state index is 0.765. The predicted octanol–water partition coefficient (Wildman–Crippen LogP) is 2.32. The van der Waals surface area contributed by atoms with Gasteiger partial charge in [0.05, 0.1) is 7.11 Å². The van der Waals surface area contributed by atoms with Crippen molar-refractivity contribution in [2.24, 2.45) is 5.92 Å². The van der Waals surface area contributed by atoms with E-state index >= 15 is 0 Å². The highest BCUT2D eigenvalue weighted by Crippen LogP contribution is 2.21. The number of ether oxygens (including phenoxy) is 1. The first-order valence-corrected chi connectivity index (χ1v) is 6.00. The van der Waals surface area contributed by atoms with Gasteiger partial charge in [-0.15, -0.1) is 0 Å². The molecule has 0 bridgehead atoms. The Morgan fingerprint density at radius 3 is 2.88 bits per heavy atom. The molecule has 0 atom stereocenters. The maximum atomic E-state index is 5.27. The summed E-state index contributed by atoms with van der Waals surface area (Å²) in [6.07, 6.45) is 4.39. The molecule has 1 aliphatic heterocycles. The van der Waals surface area contributed by atoms with Crippen molar-refractivity contribution in [1.82, 2.24) is 9.88 Å². The van der Waals surface area contributed by atoms with Crippen LogP contribution in [0.15, 0.2) is 18.3 Å². The number of hydrogen-bond donors (Lipinski definition) is 0. The molecule has 2 rings (SSSR count). The molecule has 1 aliphatic rings. The Balaban J connectivity index is 1.98. The average Bonchev–Trinajstić information content (AvgIpc) is 2.33. The maximum Gasteiger partial charge on any atom is 0.217 e. The second-order valence-electron chi connectivity index (χ2n) is 4.63. The molecule has 1 fully saturated rings. The molecule has 2 heterocycles. The first-order chi connectivity index (χ1) is 7.79. The summed E-state index contributed by atoms with van der Waals surface area (Å²) in [4.78, 5) is 6.71. The lowest BCUT2D eigenvalue weighted by Gasteiger charge is -2.30. The van der Waals surface area contributed by atoms with Crippen molar-refractivity contribution in [3.05, 3.63) is 23.9 Å². The number of aromatic nitrogens is 1. The molecule has 0 radical (unpaired) electrons. The fourth-order valence-electron chi connectivity index (χ4n) is 2.19. The zero-order chi connectivity index (χ0) is 11.4. The highest BCUT2D eigenvalue weighted by atomic mass is 16.5. The van der Waals surface area contributed by atoms with Gasteiger partial charge in [-0.05, 0) is 37.9 Å². The summed E-state index contributed by atoms with van der Waals surface area (Å²) in [5, 5.41) is 0. The summed E-state index contributed by atoms with van der Waals surface area (Å²) in [5.41, 5.74) is 1.19. The zero-order valence-corrected chi connectivity index (χ0v) is 10.1. The van der Waals surface area contributed by atoms with E-state index in [0.717, 1.165) is 18.3 Å². The molecule has 0 aromatic carbocycles. The van der Waals surface area contributed by atoms with Crippen LogP contribution in [0.5, 0.6) is 5.88 Å². The van der Waals surface area contributed by atoms with Crippen LogP contribution in [0.3, 0.4) is 0 Å². The minimum Gasteiger partial charge on any atom is -0.481 e. The van der Waals surface area contributed by atoms with Crippen LogP contribution in [0.1, 0.15) is 25.3 Å². The fraction of sp³-hybridized carbons (Fsp3) is 0.615. The van der Waals surface area contributed by atoms with Crippen LogP contribution in [-0.4, -0.2) is 30.1 Å². The molecule has 0 N–H and O–H groups in total. The van der Waals surface area contributed by atoms with Crippen LogP contribution in [0.4, 0.5) is 0 Å². The number of pyridine rings is 1. The van der Waals surface area contributed by atoms with Gasteiger partial charge in [0, 0.05) is 18.3 Å². The molecular formula is C13H20N2O. The summed E-state index contributed by atoms with van der Waals surface area (Å²) in [7, 11) is 1.68. The van der Waals surface area contributed by atoms with E-state index in [1.165, 1.54) is 31.5 Å². The molecule has 1 aromatic rings. The van der Waals surface area contributed by atoms with Gasteiger partial charge in [-0.25, -0.2) is 4.98 Å². The van der Waals surface area contributed by atoms with Crippen LogP contribution in [0.25, 0.3) is 0 Å². The summed E-state index contributed by atoms with van der Waals surface area (Å²) in [6.45, 7) is 5.68. The molecule has 88 valence electrons. The van der Waals surface area contributed by atoms with Gasteiger partial charge in [0.25, 0.3) is 0 Å². The third-order valence-electron chi connectivity index (χ3n) is 3.31. The van der Waals surface area contributed by atoms with Crippen LogP contribution in [0.2, 0.25) is 0 Å². The zero-order valence-electron chi connectivity index (χ0n) is 10.1. The molecule has 3 heteroatoms. The summed E-state index contributed by atoms with van der Waals surface area (Å²) in [6, 6.07) is 4.08. The Kier molecular flexibility index (Phi) is 3.78. The van der Waals surface area contributed by atoms with Crippen molar-refractivity contribution in [3.8, 4) is 5.88 Å². The van der Waals surface area contributed by atoms with E-state index in [9.17, 15) is 0 Å². The van der Waals surface area contributed by atoms with E-state index in [2.05, 4.69) is 22.9 Å². The molecule has 0 amide bonds. The van der Waals surface area contributed by atoms with Gasteiger partial charge < -0.3 is 4.74 Å². The molecule has 16 heavy (non-hydrogen) atoms. The molecule has 0 unspecified atom stereocenters. The van der Waals surface area contributed by atoms with Gasteiger partial charge >= 0.3 is 0 Å². The molecule has 0 spiro atoms. The van der Waals surface area contributed by atoms with Crippen molar-refractivity contribution in [3.63, 3.8) is 0 Å². The number of rotatable bonds is 3. The number of hydrogen-bond acceptors (Lipinski definition) is 3. The van der Waals surface area contributed by atoms with Crippen molar-refractivity contribution in [1.29, 1.82) is 0 Å². The largest absolute Gasteiger partial charge is 0.481 e. The molecule has 1 saturated heterocycles. The third kappa shape index (κ3) is 2.73. The van der Waals surface area contributed by atoms with Gasteiger partial charge in [-0.3, -0.25) is 4.90 Å². The Hall–Kier alpha value is -1.09. The van der Waals surface area contributed by atoms with Crippen LogP contribution >= 0.6 is 0 Å². The van der Waals surface area contributed by atoms with Crippen molar-refractivity contribution in [2.75, 3.05) is 20.2 Å². The first kappa shape index (κ1) is 11.4. The SMILES string of the molecule is COc1ncccc1CN1CCC(C)CC1. The first-order valence-electron chi connectivity index (χ1n) is 6.00. The second-order valence-corrected chi connectivity index (χ2v) is 4.63. The molecular weight excluding hydrogens is 200 g/mol. The summed E-state index contributed by atoms with van der Waals surface area (Å²) >= 11 is 0. The van der Waals surface area contributed by atoms with E-state index in [0.29, 0.717) is 0 Å². The number of methoxy groups -OCH3 is 1. The van der Waals surface area contributed by atoms with Crippen LogP contribution in [-0.2, 0) is 6.54 Å². The van der Waals surface area contributed by atoms with Crippen molar-refractivity contribution < 1.29 is 4.74 Å². The monoisotopic (exact) mass is 220 g/mol. The van der Waals surface area contributed by atoms with Crippen molar-refractivity contribution >= 4 is 0 Å². The minimum atomic E-state index is 0.765. The lowest BCUT2D eigenvalue weighted by molar-refractivity contribution is 0.183. The van der Waals surface area contributed by atoms with E-state index in [-0.39, 0.29) is 0 Å². The third-order valence-corrected chi connectivity index (χ3v) is 3.31. The second kappa shape index (κ2) is 5.30. The maximum absolute atomic E-state index is 5.27.